The molecule has 0 fully saturated rings. The summed E-state index contributed by atoms with van der Waals surface area (Å²) in [5.74, 6) is -0.183. The highest BCUT2D eigenvalue weighted by Gasteiger charge is 2.49. The number of benzene rings is 2. The Hall–Kier alpha value is -2.17. The maximum atomic E-state index is 12.5. The molecule has 20 heavy (non-hydrogen) atoms. The highest BCUT2D eigenvalue weighted by molar-refractivity contribution is 6.00. The van der Waals surface area contributed by atoms with E-state index >= 15 is 0 Å². The van der Waals surface area contributed by atoms with Crippen molar-refractivity contribution in [2.24, 2.45) is 5.73 Å². The van der Waals surface area contributed by atoms with E-state index < -0.39 is 5.72 Å². The molecule has 1 atom stereocenters. The maximum Gasteiger partial charge on any atom is 0.257 e. The van der Waals surface area contributed by atoms with Crippen LogP contribution in [0.15, 0.2) is 54.6 Å². The van der Waals surface area contributed by atoms with E-state index in [0.717, 1.165) is 0 Å². The van der Waals surface area contributed by atoms with Crippen LogP contribution in [0.5, 0.6) is 0 Å². The summed E-state index contributed by atoms with van der Waals surface area (Å²) in [6, 6.07) is 16.4. The lowest BCUT2D eigenvalue weighted by molar-refractivity contribution is -0.0484. The number of aliphatic hydroxyl groups is 1. The molecule has 4 heteroatoms. The zero-order chi connectivity index (χ0) is 14.2. The molecule has 0 radical (unpaired) electrons. The molecule has 0 saturated carbocycles. The Balaban J connectivity index is 2.22. The van der Waals surface area contributed by atoms with Crippen LogP contribution in [0.2, 0.25) is 0 Å². The molecule has 1 aliphatic rings. The van der Waals surface area contributed by atoms with Crippen molar-refractivity contribution >= 4 is 5.91 Å². The molecular formula is C16H16N2O2. The van der Waals surface area contributed by atoms with Gasteiger partial charge in [-0.3, -0.25) is 4.79 Å². The number of hydrogen-bond acceptors (Lipinski definition) is 3. The lowest BCUT2D eigenvalue weighted by Crippen LogP contribution is -2.46. The van der Waals surface area contributed by atoms with E-state index in [0.29, 0.717) is 29.8 Å². The molecule has 0 unspecified atom stereocenters. The van der Waals surface area contributed by atoms with Gasteiger partial charge in [0.25, 0.3) is 5.91 Å². The Morgan fingerprint density at radius 1 is 1.05 bits per heavy atom. The van der Waals surface area contributed by atoms with E-state index in [-0.39, 0.29) is 5.91 Å². The van der Waals surface area contributed by atoms with Gasteiger partial charge < -0.3 is 15.7 Å². The Morgan fingerprint density at radius 3 is 2.40 bits per heavy atom. The normalized spacial score (nSPS) is 21.1. The number of nitrogens with two attached hydrogens (primary N) is 1. The van der Waals surface area contributed by atoms with Crippen LogP contribution >= 0.6 is 0 Å². The van der Waals surface area contributed by atoms with Crippen molar-refractivity contribution in [3.8, 4) is 0 Å². The number of carbonyl (C=O) groups is 1. The monoisotopic (exact) mass is 268 g/mol. The second kappa shape index (κ2) is 4.74. The summed E-state index contributed by atoms with van der Waals surface area (Å²) < 4.78 is 0. The molecule has 4 nitrogen and oxygen atoms in total. The minimum atomic E-state index is -1.44. The number of fused-ring (bicyclic) bond motifs is 1. The van der Waals surface area contributed by atoms with Gasteiger partial charge in [0.05, 0.1) is 0 Å². The van der Waals surface area contributed by atoms with E-state index in [2.05, 4.69) is 0 Å². The summed E-state index contributed by atoms with van der Waals surface area (Å²) in [5.41, 5.74) is 5.99. The van der Waals surface area contributed by atoms with Crippen LogP contribution in [0.1, 0.15) is 21.5 Å². The van der Waals surface area contributed by atoms with Crippen LogP contribution in [-0.2, 0) is 5.72 Å². The minimum absolute atomic E-state index is 0.183. The van der Waals surface area contributed by atoms with Gasteiger partial charge >= 0.3 is 0 Å². The van der Waals surface area contributed by atoms with E-state index in [1.165, 1.54) is 4.90 Å². The van der Waals surface area contributed by atoms with Crippen molar-refractivity contribution < 1.29 is 9.90 Å². The first-order valence-corrected chi connectivity index (χ1v) is 6.59. The number of nitrogens with zero attached hydrogens (tertiary/aromatic N) is 1. The zero-order valence-corrected chi connectivity index (χ0v) is 11.0. The molecule has 0 bridgehead atoms. The average Bonchev–Trinajstić information content (AvgIpc) is 2.72. The topological polar surface area (TPSA) is 66.6 Å². The summed E-state index contributed by atoms with van der Waals surface area (Å²) in [4.78, 5) is 13.9. The fourth-order valence-electron chi connectivity index (χ4n) is 2.79. The van der Waals surface area contributed by atoms with Crippen molar-refractivity contribution in [2.75, 3.05) is 13.1 Å². The van der Waals surface area contributed by atoms with Gasteiger partial charge in [0, 0.05) is 29.8 Å². The van der Waals surface area contributed by atoms with Gasteiger partial charge in [-0.15, -0.1) is 0 Å². The summed E-state index contributed by atoms with van der Waals surface area (Å²) >= 11 is 0. The molecule has 2 aromatic rings. The Kier molecular flexibility index (Phi) is 3.04. The Morgan fingerprint density at radius 2 is 1.70 bits per heavy atom. The van der Waals surface area contributed by atoms with E-state index in [9.17, 15) is 9.90 Å². The molecular weight excluding hydrogens is 252 g/mol. The number of amides is 1. The standard InChI is InChI=1S/C16H16N2O2/c17-10-11-18-15(19)13-8-4-5-9-14(13)16(18,20)12-6-2-1-3-7-12/h1-9,20H,10-11,17H2/t16-/m0/s1. The second-order valence-corrected chi connectivity index (χ2v) is 4.83. The largest absolute Gasteiger partial charge is 0.363 e. The summed E-state index contributed by atoms with van der Waals surface area (Å²) in [6.07, 6.45) is 0. The molecule has 0 saturated heterocycles. The molecule has 3 N–H and O–H groups in total. The van der Waals surface area contributed by atoms with Gasteiger partial charge in [-0.1, -0.05) is 48.5 Å². The Labute approximate surface area is 117 Å². The third-order valence-electron chi connectivity index (χ3n) is 3.70. The second-order valence-electron chi connectivity index (χ2n) is 4.83. The molecule has 3 rings (SSSR count). The SMILES string of the molecule is NCCN1C(=O)c2ccccc2[C@@]1(O)c1ccccc1. The molecule has 102 valence electrons. The molecule has 1 heterocycles. The van der Waals surface area contributed by atoms with Crippen LogP contribution in [0, 0.1) is 0 Å². The first kappa shape index (κ1) is 12.8. The van der Waals surface area contributed by atoms with Crippen molar-refractivity contribution in [3.63, 3.8) is 0 Å². The van der Waals surface area contributed by atoms with Crippen LogP contribution in [-0.4, -0.2) is 29.0 Å². The van der Waals surface area contributed by atoms with Gasteiger partial charge in [-0.05, 0) is 6.07 Å². The molecule has 1 aliphatic heterocycles. The number of carbonyl (C=O) groups excluding carboxylic acids is 1. The maximum absolute atomic E-state index is 12.5. The summed E-state index contributed by atoms with van der Waals surface area (Å²) in [7, 11) is 0. The van der Waals surface area contributed by atoms with Crippen molar-refractivity contribution in [1.82, 2.24) is 4.90 Å². The third-order valence-corrected chi connectivity index (χ3v) is 3.70. The smallest absolute Gasteiger partial charge is 0.257 e. The third kappa shape index (κ3) is 1.66. The fraction of sp³-hybridized carbons (Fsp3) is 0.188. The van der Waals surface area contributed by atoms with E-state index in [1.54, 1.807) is 18.2 Å². The average molecular weight is 268 g/mol. The highest BCUT2D eigenvalue weighted by atomic mass is 16.3. The number of rotatable bonds is 3. The first-order chi connectivity index (χ1) is 9.69. The van der Waals surface area contributed by atoms with Gasteiger partial charge in [-0.25, -0.2) is 0 Å². The molecule has 0 spiro atoms. The van der Waals surface area contributed by atoms with Gasteiger partial charge in [-0.2, -0.15) is 0 Å². The first-order valence-electron chi connectivity index (χ1n) is 6.59. The van der Waals surface area contributed by atoms with Crippen LogP contribution < -0.4 is 5.73 Å². The fourth-order valence-corrected chi connectivity index (χ4v) is 2.79. The predicted molar refractivity (Wildman–Crippen MR) is 76.0 cm³/mol. The zero-order valence-electron chi connectivity index (χ0n) is 11.0. The van der Waals surface area contributed by atoms with E-state index in [4.69, 9.17) is 5.73 Å². The summed E-state index contributed by atoms with van der Waals surface area (Å²) in [5, 5.41) is 11.2. The van der Waals surface area contributed by atoms with Crippen LogP contribution in [0.25, 0.3) is 0 Å². The Bertz CT molecular complexity index is 642. The molecule has 0 aliphatic carbocycles. The van der Waals surface area contributed by atoms with Crippen molar-refractivity contribution in [3.05, 3.63) is 71.3 Å². The van der Waals surface area contributed by atoms with Crippen LogP contribution in [0.4, 0.5) is 0 Å². The highest BCUT2D eigenvalue weighted by Crippen LogP contribution is 2.41. The molecule has 2 aromatic carbocycles. The van der Waals surface area contributed by atoms with Crippen LogP contribution in [0.3, 0.4) is 0 Å². The van der Waals surface area contributed by atoms with Gasteiger partial charge in [0.15, 0.2) is 5.72 Å². The lowest BCUT2D eigenvalue weighted by Gasteiger charge is -2.34. The quantitative estimate of drug-likeness (QED) is 0.881. The molecule has 1 amide bonds. The predicted octanol–water partition coefficient (Wildman–Crippen LogP) is 1.29. The van der Waals surface area contributed by atoms with Crippen molar-refractivity contribution in [2.45, 2.75) is 5.72 Å². The minimum Gasteiger partial charge on any atom is -0.363 e. The summed E-state index contributed by atoms with van der Waals surface area (Å²) in [6.45, 7) is 0.605. The van der Waals surface area contributed by atoms with Gasteiger partial charge in [0.1, 0.15) is 0 Å². The van der Waals surface area contributed by atoms with Crippen molar-refractivity contribution in [1.29, 1.82) is 0 Å². The van der Waals surface area contributed by atoms with E-state index in [1.807, 2.05) is 36.4 Å². The number of hydrogen-bond donors (Lipinski definition) is 2. The molecule has 0 aromatic heterocycles. The lowest BCUT2D eigenvalue weighted by atomic mass is 9.94. The van der Waals surface area contributed by atoms with Gasteiger partial charge in [0.2, 0.25) is 0 Å².